The number of aromatic nitrogens is 3. The molecule has 0 spiro atoms. The molecule has 1 aromatic heterocycles. The molecule has 1 aromatic rings. The smallest absolute Gasteiger partial charge is 0.322 e. The lowest BCUT2D eigenvalue weighted by molar-refractivity contribution is 0.221. The van der Waals surface area contributed by atoms with Crippen molar-refractivity contribution in [1.29, 1.82) is 0 Å². The molecule has 0 bridgehead atoms. The zero-order valence-electron chi connectivity index (χ0n) is 11.3. The molecule has 0 radical (unpaired) electrons. The summed E-state index contributed by atoms with van der Waals surface area (Å²) in [6.07, 6.45) is 1.08. The Bertz CT molecular complexity index is 536. The van der Waals surface area contributed by atoms with Gasteiger partial charge in [0.25, 0.3) is 0 Å². The molecular formula is C10H17ClN4O3S. The fraction of sp³-hybridized carbons (Fsp3) is 0.700. The van der Waals surface area contributed by atoms with E-state index in [1.165, 1.54) is 6.26 Å². The van der Waals surface area contributed by atoms with Crippen molar-refractivity contribution in [3.8, 4) is 6.01 Å². The van der Waals surface area contributed by atoms with Gasteiger partial charge in [0.05, 0.1) is 11.9 Å². The molecule has 0 unspecified atom stereocenters. The largest absolute Gasteiger partial charge is 0.461 e. The van der Waals surface area contributed by atoms with Gasteiger partial charge in [-0.3, -0.25) is 0 Å². The fourth-order valence-electron chi connectivity index (χ4n) is 1.16. The van der Waals surface area contributed by atoms with E-state index in [9.17, 15) is 8.42 Å². The molecule has 0 aliphatic carbocycles. The van der Waals surface area contributed by atoms with E-state index in [1.54, 1.807) is 11.9 Å². The lowest BCUT2D eigenvalue weighted by Crippen LogP contribution is -2.27. The van der Waals surface area contributed by atoms with Crippen molar-refractivity contribution >= 4 is 27.4 Å². The van der Waals surface area contributed by atoms with E-state index < -0.39 is 9.84 Å². The summed E-state index contributed by atoms with van der Waals surface area (Å²) >= 11 is 5.78. The molecule has 0 aromatic carbocycles. The highest BCUT2D eigenvalue weighted by molar-refractivity contribution is 7.90. The summed E-state index contributed by atoms with van der Waals surface area (Å²) in [5.41, 5.74) is 0. The number of rotatable bonds is 6. The standard InChI is InChI=1S/C10H17ClN4O3S/c1-7(2)18-10-13-8(11)12-9(14-10)15(3)5-6-19(4,16)17/h7H,5-6H2,1-4H3. The number of ether oxygens (including phenoxy) is 1. The van der Waals surface area contributed by atoms with Crippen LogP contribution in [0.5, 0.6) is 6.01 Å². The van der Waals surface area contributed by atoms with Gasteiger partial charge in [0.1, 0.15) is 9.84 Å². The molecule has 0 aliphatic heterocycles. The maximum Gasteiger partial charge on any atom is 0.322 e. The zero-order chi connectivity index (χ0) is 14.6. The van der Waals surface area contributed by atoms with Gasteiger partial charge in [-0.2, -0.15) is 15.0 Å². The second kappa shape index (κ2) is 6.33. The maximum atomic E-state index is 11.1. The fourth-order valence-corrected chi connectivity index (χ4v) is 1.91. The second-order valence-electron chi connectivity index (χ2n) is 4.41. The molecular weight excluding hydrogens is 292 g/mol. The molecule has 19 heavy (non-hydrogen) atoms. The van der Waals surface area contributed by atoms with Crippen LogP contribution in [0, 0.1) is 0 Å². The normalized spacial score (nSPS) is 11.7. The molecule has 0 fully saturated rings. The first-order valence-electron chi connectivity index (χ1n) is 5.64. The average molecular weight is 309 g/mol. The van der Waals surface area contributed by atoms with Gasteiger partial charge in [0.2, 0.25) is 11.2 Å². The van der Waals surface area contributed by atoms with Gasteiger partial charge in [0, 0.05) is 19.8 Å². The SMILES string of the molecule is CC(C)Oc1nc(Cl)nc(N(C)CCS(C)(=O)=O)n1. The lowest BCUT2D eigenvalue weighted by atomic mass is 10.5. The summed E-state index contributed by atoms with van der Waals surface area (Å²) in [4.78, 5) is 13.4. The van der Waals surface area contributed by atoms with Crippen LogP contribution in [0.4, 0.5) is 5.95 Å². The summed E-state index contributed by atoms with van der Waals surface area (Å²) in [5.74, 6) is 0.284. The molecule has 7 nitrogen and oxygen atoms in total. The summed E-state index contributed by atoms with van der Waals surface area (Å²) in [6, 6.07) is 0.121. The van der Waals surface area contributed by atoms with Crippen molar-refractivity contribution in [3.05, 3.63) is 5.28 Å². The van der Waals surface area contributed by atoms with E-state index in [0.717, 1.165) is 0 Å². The van der Waals surface area contributed by atoms with E-state index in [0.29, 0.717) is 0 Å². The third-order valence-corrected chi connectivity index (χ3v) is 3.15. The van der Waals surface area contributed by atoms with Crippen molar-refractivity contribution in [3.63, 3.8) is 0 Å². The summed E-state index contributed by atoms with van der Waals surface area (Å²) in [5, 5.41) is 0.00635. The van der Waals surface area contributed by atoms with Gasteiger partial charge in [0.15, 0.2) is 0 Å². The van der Waals surface area contributed by atoms with Crippen LogP contribution in [0.2, 0.25) is 5.28 Å². The van der Waals surface area contributed by atoms with E-state index in [1.807, 2.05) is 13.8 Å². The molecule has 1 heterocycles. The molecule has 1 rings (SSSR count). The molecule has 0 atom stereocenters. The van der Waals surface area contributed by atoms with Crippen LogP contribution in [0.25, 0.3) is 0 Å². The van der Waals surface area contributed by atoms with Crippen LogP contribution in [-0.2, 0) is 9.84 Å². The van der Waals surface area contributed by atoms with Crippen LogP contribution in [0.15, 0.2) is 0 Å². The van der Waals surface area contributed by atoms with E-state index in [4.69, 9.17) is 16.3 Å². The zero-order valence-corrected chi connectivity index (χ0v) is 12.9. The second-order valence-corrected chi connectivity index (χ2v) is 7.00. The van der Waals surface area contributed by atoms with Crippen LogP contribution >= 0.6 is 11.6 Å². The topological polar surface area (TPSA) is 85.3 Å². The molecule has 0 saturated carbocycles. The third-order valence-electron chi connectivity index (χ3n) is 2.06. The number of hydrogen-bond acceptors (Lipinski definition) is 7. The number of nitrogens with zero attached hydrogens (tertiary/aromatic N) is 4. The molecule has 9 heteroatoms. The van der Waals surface area contributed by atoms with Gasteiger partial charge in [-0.25, -0.2) is 8.42 Å². The average Bonchev–Trinajstić information content (AvgIpc) is 2.23. The van der Waals surface area contributed by atoms with Crippen molar-refractivity contribution < 1.29 is 13.2 Å². The Kier molecular flexibility index (Phi) is 5.30. The minimum atomic E-state index is -3.04. The number of anilines is 1. The van der Waals surface area contributed by atoms with Gasteiger partial charge in [-0.1, -0.05) is 0 Å². The van der Waals surface area contributed by atoms with Crippen LogP contribution in [0.3, 0.4) is 0 Å². The van der Waals surface area contributed by atoms with Gasteiger partial charge in [-0.15, -0.1) is 0 Å². The van der Waals surface area contributed by atoms with Gasteiger partial charge in [-0.05, 0) is 25.4 Å². The first kappa shape index (κ1) is 15.9. The van der Waals surface area contributed by atoms with Crippen molar-refractivity contribution in [2.75, 3.05) is 30.5 Å². The van der Waals surface area contributed by atoms with E-state index in [-0.39, 0.29) is 35.6 Å². The molecule has 0 N–H and O–H groups in total. The predicted molar refractivity (Wildman–Crippen MR) is 73.6 cm³/mol. The van der Waals surface area contributed by atoms with Gasteiger partial charge < -0.3 is 9.64 Å². The number of halogens is 1. The quantitative estimate of drug-likeness (QED) is 0.768. The summed E-state index contributed by atoms with van der Waals surface area (Å²) in [6.45, 7) is 3.94. The summed E-state index contributed by atoms with van der Waals surface area (Å²) < 4.78 is 27.6. The maximum absolute atomic E-state index is 11.1. The van der Waals surface area contributed by atoms with Crippen molar-refractivity contribution in [1.82, 2.24) is 15.0 Å². The lowest BCUT2D eigenvalue weighted by Gasteiger charge is -2.17. The first-order chi connectivity index (χ1) is 8.67. The Hall–Kier alpha value is -1.15. The molecule has 108 valence electrons. The van der Waals surface area contributed by atoms with Crippen LogP contribution in [-0.4, -0.2) is 55.1 Å². The van der Waals surface area contributed by atoms with E-state index >= 15 is 0 Å². The molecule has 0 amide bonds. The van der Waals surface area contributed by atoms with Gasteiger partial charge >= 0.3 is 6.01 Å². The molecule has 0 aliphatic rings. The Morgan fingerprint density at radius 2 is 1.95 bits per heavy atom. The monoisotopic (exact) mass is 308 g/mol. The van der Waals surface area contributed by atoms with Crippen LogP contribution in [0.1, 0.15) is 13.8 Å². The highest BCUT2D eigenvalue weighted by atomic mass is 35.5. The minimum absolute atomic E-state index is 0.00635. The number of hydrogen-bond donors (Lipinski definition) is 0. The highest BCUT2D eigenvalue weighted by Gasteiger charge is 2.13. The Labute approximate surface area is 117 Å². The molecule has 0 saturated heterocycles. The highest BCUT2D eigenvalue weighted by Crippen LogP contribution is 2.15. The first-order valence-corrected chi connectivity index (χ1v) is 8.08. The Balaban J connectivity index is 2.84. The predicted octanol–water partition coefficient (Wildman–Crippen LogP) is 0.793. The van der Waals surface area contributed by atoms with Crippen molar-refractivity contribution in [2.45, 2.75) is 20.0 Å². The summed E-state index contributed by atoms with van der Waals surface area (Å²) in [7, 11) is -1.37. The number of sulfone groups is 1. The minimum Gasteiger partial charge on any atom is -0.461 e. The van der Waals surface area contributed by atoms with Crippen LogP contribution < -0.4 is 9.64 Å². The Morgan fingerprint density at radius 3 is 2.47 bits per heavy atom. The third kappa shape index (κ3) is 6.02. The van der Waals surface area contributed by atoms with E-state index in [2.05, 4.69) is 15.0 Å². The Morgan fingerprint density at radius 1 is 1.32 bits per heavy atom. The van der Waals surface area contributed by atoms with Crippen molar-refractivity contribution in [2.24, 2.45) is 0 Å².